The minimum absolute atomic E-state index is 0.0281. The lowest BCUT2D eigenvalue weighted by atomic mass is 9.85. The van der Waals surface area contributed by atoms with Crippen LogP contribution in [0.1, 0.15) is 66.3 Å². The van der Waals surface area contributed by atoms with Crippen LogP contribution in [-0.4, -0.2) is 28.2 Å². The summed E-state index contributed by atoms with van der Waals surface area (Å²) in [6, 6.07) is 2.74. The first-order valence-electron chi connectivity index (χ1n) is 8.22. The quantitative estimate of drug-likeness (QED) is 0.896. The molecular formula is C17H26N2O2. The van der Waals surface area contributed by atoms with Crippen molar-refractivity contribution < 1.29 is 9.90 Å². The number of hydrogen-bond acceptors (Lipinski definition) is 2. The normalized spacial score (nSPS) is 25.9. The van der Waals surface area contributed by atoms with E-state index in [1.54, 1.807) is 0 Å². The minimum Gasteiger partial charge on any atom is -0.396 e. The van der Waals surface area contributed by atoms with Crippen LogP contribution in [0.25, 0.3) is 0 Å². The van der Waals surface area contributed by atoms with Gasteiger partial charge in [0.25, 0.3) is 5.91 Å². The van der Waals surface area contributed by atoms with E-state index in [9.17, 15) is 9.90 Å². The summed E-state index contributed by atoms with van der Waals surface area (Å²) in [6.45, 7) is 4.30. The van der Waals surface area contributed by atoms with Crippen molar-refractivity contribution in [1.29, 1.82) is 0 Å². The highest BCUT2D eigenvalue weighted by Crippen LogP contribution is 2.38. The number of rotatable bonds is 4. The van der Waals surface area contributed by atoms with E-state index < -0.39 is 0 Å². The molecule has 0 radical (unpaired) electrons. The molecule has 0 aliphatic heterocycles. The lowest BCUT2D eigenvalue weighted by Crippen LogP contribution is -2.43. The minimum atomic E-state index is 0.0281. The average molecular weight is 290 g/mol. The molecule has 2 N–H and O–H groups in total. The number of carbonyl (C=O) groups excluding carboxylic acids is 1. The highest BCUT2D eigenvalue weighted by molar-refractivity contribution is 5.96. The van der Waals surface area contributed by atoms with E-state index in [0.717, 1.165) is 36.9 Å². The van der Waals surface area contributed by atoms with Gasteiger partial charge < -0.3 is 15.0 Å². The van der Waals surface area contributed by atoms with Crippen LogP contribution in [-0.2, 0) is 0 Å². The first kappa shape index (κ1) is 14.6. The van der Waals surface area contributed by atoms with E-state index in [4.69, 9.17) is 0 Å². The van der Waals surface area contributed by atoms with Crippen LogP contribution in [0.4, 0.5) is 0 Å². The molecule has 0 aromatic carbocycles. The first-order valence-corrected chi connectivity index (χ1v) is 8.22. The summed E-state index contributed by atoms with van der Waals surface area (Å²) in [6.07, 6.45) is 6.76. The summed E-state index contributed by atoms with van der Waals surface area (Å²) in [5.41, 5.74) is 3.08. The van der Waals surface area contributed by atoms with Gasteiger partial charge in [0.05, 0.1) is 5.56 Å². The largest absolute Gasteiger partial charge is 0.396 e. The van der Waals surface area contributed by atoms with Crippen molar-refractivity contribution in [3.05, 3.63) is 23.0 Å². The van der Waals surface area contributed by atoms with Gasteiger partial charge >= 0.3 is 0 Å². The molecule has 2 unspecified atom stereocenters. The average Bonchev–Trinajstić information content (AvgIpc) is 3.25. The number of amides is 1. The number of hydrogen-bond donors (Lipinski definition) is 2. The molecule has 1 aromatic rings. The zero-order valence-electron chi connectivity index (χ0n) is 13.1. The van der Waals surface area contributed by atoms with Crippen LogP contribution >= 0.6 is 0 Å². The molecule has 3 rings (SSSR count). The number of nitrogens with zero attached hydrogens (tertiary/aromatic N) is 1. The van der Waals surface area contributed by atoms with E-state index in [1.807, 2.05) is 13.0 Å². The number of aromatic nitrogens is 1. The molecule has 116 valence electrons. The summed E-state index contributed by atoms with van der Waals surface area (Å²) in [4.78, 5) is 12.6. The van der Waals surface area contributed by atoms with Crippen LogP contribution in [0, 0.1) is 19.8 Å². The van der Waals surface area contributed by atoms with Gasteiger partial charge in [0.2, 0.25) is 0 Å². The van der Waals surface area contributed by atoms with E-state index in [1.165, 1.54) is 18.5 Å². The maximum absolute atomic E-state index is 12.6. The van der Waals surface area contributed by atoms with Crippen LogP contribution in [0.2, 0.25) is 0 Å². The Bertz CT molecular complexity index is 531. The summed E-state index contributed by atoms with van der Waals surface area (Å²) in [5, 5.41) is 12.6. The van der Waals surface area contributed by atoms with Crippen molar-refractivity contribution in [3.63, 3.8) is 0 Å². The predicted octanol–water partition coefficient (Wildman–Crippen LogP) is 2.72. The molecule has 2 fully saturated rings. The number of carbonyl (C=O) groups is 1. The molecule has 2 atom stereocenters. The van der Waals surface area contributed by atoms with Gasteiger partial charge in [-0.1, -0.05) is 12.8 Å². The smallest absolute Gasteiger partial charge is 0.253 e. The maximum atomic E-state index is 12.6. The number of aliphatic hydroxyl groups is 1. The van der Waals surface area contributed by atoms with Crippen molar-refractivity contribution in [2.45, 2.75) is 64.5 Å². The van der Waals surface area contributed by atoms with Gasteiger partial charge in [-0.3, -0.25) is 4.79 Å². The maximum Gasteiger partial charge on any atom is 0.253 e. The fourth-order valence-electron chi connectivity index (χ4n) is 3.76. The third kappa shape index (κ3) is 2.86. The van der Waals surface area contributed by atoms with Crippen LogP contribution in [0.5, 0.6) is 0 Å². The van der Waals surface area contributed by atoms with Crippen LogP contribution < -0.4 is 5.32 Å². The van der Waals surface area contributed by atoms with Crippen molar-refractivity contribution in [3.8, 4) is 0 Å². The van der Waals surface area contributed by atoms with Gasteiger partial charge in [-0.25, -0.2) is 0 Å². The molecule has 0 saturated heterocycles. The lowest BCUT2D eigenvalue weighted by molar-refractivity contribution is 0.0872. The Hall–Kier alpha value is -1.29. The molecule has 2 aliphatic rings. The summed E-state index contributed by atoms with van der Waals surface area (Å²) in [5.74, 6) is 0.245. The summed E-state index contributed by atoms with van der Waals surface area (Å²) < 4.78 is 2.30. The third-order valence-electron chi connectivity index (χ3n) is 5.10. The molecule has 4 nitrogen and oxygen atoms in total. The Morgan fingerprint density at radius 2 is 2.00 bits per heavy atom. The number of nitrogens with one attached hydrogen (secondary N) is 1. The Morgan fingerprint density at radius 1 is 1.29 bits per heavy atom. The Kier molecular flexibility index (Phi) is 4.07. The van der Waals surface area contributed by atoms with Gasteiger partial charge in [-0.2, -0.15) is 0 Å². The molecule has 1 heterocycles. The predicted molar refractivity (Wildman–Crippen MR) is 82.5 cm³/mol. The van der Waals surface area contributed by atoms with Crippen LogP contribution in [0.3, 0.4) is 0 Å². The lowest BCUT2D eigenvalue weighted by Gasteiger charge is -2.30. The zero-order valence-corrected chi connectivity index (χ0v) is 13.1. The Morgan fingerprint density at radius 3 is 2.67 bits per heavy atom. The second-order valence-corrected chi connectivity index (χ2v) is 6.69. The Labute approximate surface area is 126 Å². The molecule has 1 aromatic heterocycles. The van der Waals surface area contributed by atoms with Crippen molar-refractivity contribution in [2.75, 3.05) is 6.61 Å². The highest BCUT2D eigenvalue weighted by Gasteiger charge is 2.30. The molecule has 21 heavy (non-hydrogen) atoms. The fourth-order valence-corrected chi connectivity index (χ4v) is 3.76. The second kappa shape index (κ2) is 5.84. The van der Waals surface area contributed by atoms with E-state index in [-0.39, 0.29) is 24.5 Å². The first-order chi connectivity index (χ1) is 10.1. The number of aliphatic hydroxyl groups excluding tert-OH is 1. The van der Waals surface area contributed by atoms with Gasteiger partial charge in [0.15, 0.2) is 0 Å². The van der Waals surface area contributed by atoms with E-state index in [0.29, 0.717) is 6.04 Å². The fraction of sp³-hybridized carbons (Fsp3) is 0.706. The van der Waals surface area contributed by atoms with Gasteiger partial charge in [0.1, 0.15) is 0 Å². The molecule has 2 aliphatic carbocycles. The SMILES string of the molecule is Cc1cc(C(=O)NC2CCCCC2CO)c(C)n1C1CC1. The van der Waals surface area contributed by atoms with Crippen molar-refractivity contribution in [1.82, 2.24) is 9.88 Å². The monoisotopic (exact) mass is 290 g/mol. The molecule has 2 saturated carbocycles. The number of aryl methyl sites for hydroxylation is 1. The molecule has 0 bridgehead atoms. The third-order valence-corrected chi connectivity index (χ3v) is 5.10. The van der Waals surface area contributed by atoms with Crippen molar-refractivity contribution in [2.24, 2.45) is 5.92 Å². The topological polar surface area (TPSA) is 54.3 Å². The summed E-state index contributed by atoms with van der Waals surface area (Å²) in [7, 11) is 0. The van der Waals surface area contributed by atoms with Gasteiger partial charge in [0, 0.05) is 36.0 Å². The molecule has 4 heteroatoms. The molecular weight excluding hydrogens is 264 g/mol. The van der Waals surface area contributed by atoms with Gasteiger partial charge in [-0.05, 0) is 45.6 Å². The second-order valence-electron chi connectivity index (χ2n) is 6.69. The standard InChI is InChI=1S/C17H26N2O2/c1-11-9-15(12(2)19(11)14-7-8-14)17(21)18-16-6-4-3-5-13(16)10-20/h9,13-14,16,20H,3-8,10H2,1-2H3,(H,18,21). The van der Waals surface area contributed by atoms with Gasteiger partial charge in [-0.15, -0.1) is 0 Å². The van der Waals surface area contributed by atoms with Crippen molar-refractivity contribution >= 4 is 5.91 Å². The zero-order chi connectivity index (χ0) is 15.0. The van der Waals surface area contributed by atoms with Crippen LogP contribution in [0.15, 0.2) is 6.07 Å². The highest BCUT2D eigenvalue weighted by atomic mass is 16.3. The van der Waals surface area contributed by atoms with E-state index in [2.05, 4.69) is 16.8 Å². The Balaban J connectivity index is 1.74. The molecule has 1 amide bonds. The summed E-state index contributed by atoms with van der Waals surface area (Å²) >= 11 is 0. The molecule has 0 spiro atoms. The van der Waals surface area contributed by atoms with E-state index >= 15 is 0 Å².